The van der Waals surface area contributed by atoms with Crippen molar-refractivity contribution >= 4 is 99.0 Å². The van der Waals surface area contributed by atoms with E-state index >= 15 is 0 Å². The fourth-order valence-electron chi connectivity index (χ4n) is 6.92. The van der Waals surface area contributed by atoms with Crippen molar-refractivity contribution in [3.8, 4) is 23.0 Å². The number of hydrogen-bond donors (Lipinski definition) is 7. The van der Waals surface area contributed by atoms with Gasteiger partial charge in [-0.15, -0.1) is 0 Å². The number of aromatic hydroxyl groups is 4. The molecule has 0 fully saturated rings. The van der Waals surface area contributed by atoms with E-state index in [9.17, 15) is 43.5 Å². The molecule has 0 saturated heterocycles. The maximum Gasteiger partial charge on any atom is 0.313 e. The molecule has 3 aromatic heterocycles. The minimum atomic E-state index is -0.553. The molecule has 2 amide bonds. The van der Waals surface area contributed by atoms with Gasteiger partial charge in [0.1, 0.15) is 39.3 Å². The smallest absolute Gasteiger partial charge is 0.313 e. The van der Waals surface area contributed by atoms with Gasteiger partial charge in [-0.1, -0.05) is 89.4 Å². The van der Waals surface area contributed by atoms with Crippen LogP contribution in [0.3, 0.4) is 0 Å². The lowest BCUT2D eigenvalue weighted by molar-refractivity contribution is -0.142. The molecule has 5 aromatic carbocycles. The first-order valence-corrected chi connectivity index (χ1v) is 27.9. The van der Waals surface area contributed by atoms with Gasteiger partial charge in [0.05, 0.1) is 19.4 Å². The Hall–Kier alpha value is -9.82. The van der Waals surface area contributed by atoms with E-state index in [0.717, 1.165) is 33.9 Å². The number of phenols is 4. The van der Waals surface area contributed by atoms with Gasteiger partial charge in [-0.05, 0) is 187 Å². The summed E-state index contributed by atoms with van der Waals surface area (Å²) >= 11 is 16.9. The first kappa shape index (κ1) is 72.4. The molecule has 0 unspecified atom stereocenters. The molecule has 8 N–H and O–H groups in total. The highest BCUT2D eigenvalue weighted by molar-refractivity contribution is 6.30. The van der Waals surface area contributed by atoms with Gasteiger partial charge in [0, 0.05) is 27.8 Å². The highest BCUT2D eigenvalue weighted by atomic mass is 35.5. The quantitative estimate of drug-likeness (QED) is 0.0175. The van der Waals surface area contributed by atoms with Crippen LogP contribution in [0.4, 0.5) is 17.5 Å². The van der Waals surface area contributed by atoms with Crippen molar-refractivity contribution in [2.75, 3.05) is 23.0 Å². The molecule has 0 bridgehead atoms. The average Bonchev–Trinajstić information content (AvgIpc) is 3.53. The number of nitrogens with zero attached hydrogens (tertiary/aromatic N) is 3. The molecule has 0 radical (unpaired) electrons. The normalized spacial score (nSPS) is 9.91. The molecular weight excluding hydrogens is 1190 g/mol. The second-order valence-corrected chi connectivity index (χ2v) is 20.4. The zero-order valence-corrected chi connectivity index (χ0v) is 52.0. The Bertz CT molecular complexity index is 3600. The number of aromatic nitrogens is 3. The summed E-state index contributed by atoms with van der Waals surface area (Å²) in [4.78, 5) is 104. The number of carbonyl (C=O) groups is 8. The van der Waals surface area contributed by atoms with Crippen LogP contribution < -0.4 is 16.4 Å². The fraction of sp³-hybridized carbons (Fsp3) is 0.197. The number of nitrogens with two attached hydrogens (primary N) is 1. The first-order valence-electron chi connectivity index (χ1n) is 26.7. The van der Waals surface area contributed by atoms with Gasteiger partial charge < -0.3 is 41.5 Å². The second kappa shape index (κ2) is 36.2. The van der Waals surface area contributed by atoms with Crippen LogP contribution in [0.25, 0.3) is 0 Å². The molecule has 3 heterocycles. The Morgan fingerprint density at radius 1 is 0.420 bits per heavy atom. The molecule has 0 spiro atoms. The summed E-state index contributed by atoms with van der Waals surface area (Å²) < 4.78 is 4.73. The molecule has 0 atom stereocenters. The summed E-state index contributed by atoms with van der Waals surface area (Å²) in [6.07, 6.45) is -0.828. The number of ketones is 5. The summed E-state index contributed by atoms with van der Waals surface area (Å²) in [7, 11) is 0. The fourth-order valence-corrected chi connectivity index (χ4v) is 7.42. The van der Waals surface area contributed by atoms with E-state index in [0.29, 0.717) is 40.1 Å². The van der Waals surface area contributed by atoms with Gasteiger partial charge in [0.2, 0.25) is 11.8 Å². The zero-order chi connectivity index (χ0) is 65.8. The average molecular weight is 1260 g/mol. The first-order chi connectivity index (χ1) is 41.5. The summed E-state index contributed by atoms with van der Waals surface area (Å²) in [5.41, 5.74) is 14.4. The molecule has 460 valence electrons. The van der Waals surface area contributed by atoms with Crippen molar-refractivity contribution in [1.29, 1.82) is 0 Å². The molecule has 8 rings (SSSR count). The SMILES string of the molecule is CC(=O)c1ccc(C)c(C)c1.CC(=O)c1ccc(O)c(O)c1.CCOC(=O)CC(=O)c1ccc(C)c(C)c1.Cc1ccc(C(=O)CC(=O)Nc2cccc(Cl)n2)cc1C.Nc1cccc(Cl)n1.O=C(CC(=O)c1ccc(O)c(O)c1)Nc1cccc(Cl)n1. The minimum Gasteiger partial charge on any atom is -0.504 e. The van der Waals surface area contributed by atoms with Crippen LogP contribution in [0.5, 0.6) is 23.0 Å². The largest absolute Gasteiger partial charge is 0.504 e. The Kier molecular flexibility index (Phi) is 29.8. The van der Waals surface area contributed by atoms with Gasteiger partial charge in [-0.25, -0.2) is 15.0 Å². The predicted molar refractivity (Wildman–Crippen MR) is 340 cm³/mol. The third-order valence-electron chi connectivity index (χ3n) is 12.2. The van der Waals surface area contributed by atoms with Crippen LogP contribution in [0.1, 0.15) is 125 Å². The number of esters is 1. The van der Waals surface area contributed by atoms with E-state index in [4.69, 9.17) is 60.6 Å². The lowest BCUT2D eigenvalue weighted by Crippen LogP contribution is -2.17. The van der Waals surface area contributed by atoms with E-state index in [2.05, 4.69) is 25.6 Å². The number of benzene rings is 5. The van der Waals surface area contributed by atoms with Crippen LogP contribution in [0, 0.1) is 41.5 Å². The van der Waals surface area contributed by atoms with Crippen molar-refractivity contribution in [3.05, 3.63) is 222 Å². The van der Waals surface area contributed by atoms with Crippen molar-refractivity contribution in [3.63, 3.8) is 0 Å². The Morgan fingerprint density at radius 3 is 1.10 bits per heavy atom. The van der Waals surface area contributed by atoms with Gasteiger partial charge in [0.25, 0.3) is 0 Å². The number of ether oxygens (including phenoxy) is 1. The number of halogens is 3. The maximum absolute atomic E-state index is 12.1. The molecule has 0 aliphatic heterocycles. The van der Waals surface area contributed by atoms with Crippen molar-refractivity contribution < 1.29 is 63.5 Å². The van der Waals surface area contributed by atoms with Gasteiger partial charge >= 0.3 is 5.97 Å². The Morgan fingerprint density at radius 2 is 0.750 bits per heavy atom. The van der Waals surface area contributed by atoms with Gasteiger partial charge in [-0.3, -0.25) is 38.4 Å². The van der Waals surface area contributed by atoms with Crippen LogP contribution in [0.15, 0.2) is 146 Å². The number of phenolic OH excluding ortho intramolecular Hbond substituents is 4. The van der Waals surface area contributed by atoms with E-state index in [1.54, 1.807) is 92.7 Å². The molecular formula is C66H67Cl3N6O13. The molecule has 0 aliphatic rings. The summed E-state index contributed by atoms with van der Waals surface area (Å²) in [5, 5.41) is 42.2. The minimum absolute atomic E-state index is 0.125. The second-order valence-electron chi connectivity index (χ2n) is 19.2. The van der Waals surface area contributed by atoms with E-state index in [-0.39, 0.29) is 74.9 Å². The van der Waals surface area contributed by atoms with Crippen LogP contribution in [0.2, 0.25) is 15.5 Å². The number of aryl methyl sites for hydroxylation is 6. The van der Waals surface area contributed by atoms with E-state index in [1.165, 1.54) is 48.4 Å². The number of Topliss-reactive ketones (excluding diaryl/α,β-unsaturated/α-hetero) is 5. The van der Waals surface area contributed by atoms with Gasteiger partial charge in [-0.2, -0.15) is 0 Å². The Balaban J connectivity index is 0.000000285. The number of nitrogens with one attached hydrogen (secondary N) is 2. The summed E-state index contributed by atoms with van der Waals surface area (Å²) in [6, 6.07) is 38.9. The topological polar surface area (TPSA) is 315 Å². The third kappa shape index (κ3) is 26.2. The summed E-state index contributed by atoms with van der Waals surface area (Å²) in [5.74, 6) is -2.55. The van der Waals surface area contributed by atoms with E-state index < -0.39 is 35.7 Å². The lowest BCUT2D eigenvalue weighted by Gasteiger charge is -2.06. The zero-order valence-electron chi connectivity index (χ0n) is 49.7. The Labute approximate surface area is 524 Å². The van der Waals surface area contributed by atoms with Crippen molar-refractivity contribution in [2.24, 2.45) is 0 Å². The predicted octanol–water partition coefficient (Wildman–Crippen LogP) is 13.5. The van der Waals surface area contributed by atoms with Crippen LogP contribution in [-0.2, 0) is 19.1 Å². The lowest BCUT2D eigenvalue weighted by atomic mass is 10.0. The molecule has 19 nitrogen and oxygen atoms in total. The molecule has 0 aliphatic carbocycles. The number of anilines is 3. The molecule has 88 heavy (non-hydrogen) atoms. The molecule has 8 aromatic rings. The number of carbonyl (C=O) groups excluding carboxylic acids is 8. The number of rotatable bonds is 14. The number of amides is 2. The van der Waals surface area contributed by atoms with E-state index in [1.807, 2.05) is 71.9 Å². The van der Waals surface area contributed by atoms with Crippen molar-refractivity contribution in [2.45, 2.75) is 81.6 Å². The van der Waals surface area contributed by atoms with Crippen LogP contribution in [-0.4, -0.2) is 88.7 Å². The highest BCUT2D eigenvalue weighted by Gasteiger charge is 2.17. The van der Waals surface area contributed by atoms with Crippen LogP contribution >= 0.6 is 34.8 Å². The van der Waals surface area contributed by atoms with Gasteiger partial charge in [0.15, 0.2) is 51.9 Å². The highest BCUT2D eigenvalue weighted by Crippen LogP contribution is 2.26. The molecule has 0 saturated carbocycles. The number of hydrogen-bond acceptors (Lipinski definition) is 17. The van der Waals surface area contributed by atoms with Crippen molar-refractivity contribution in [1.82, 2.24) is 15.0 Å². The summed E-state index contributed by atoms with van der Waals surface area (Å²) in [6.45, 7) is 16.9. The third-order valence-corrected chi connectivity index (χ3v) is 12.8. The molecule has 22 heteroatoms. The number of nitrogen functional groups attached to an aromatic ring is 1. The standard InChI is InChI=1S/C16H15ClN2O2.C14H11ClN2O4.C13H16O3.C10H12O.C8H8O3.C5H5ClN2/c1-10-6-7-12(8-11(10)2)13(20)9-16(21)19-15-5-3-4-14(17)18-15;15-12-2-1-3-13(16-12)17-14(21)7-10(19)8-4-5-9(18)11(20)6-8;1-4-16-13(15)8-12(14)11-6-5-9(2)10(3)7-11;1-7-4-5-10(9(3)11)6-8(7)2;1-5(9)6-2-3-7(10)8(11)4-6;6-4-2-1-3-5(7)8-4/h3-8H,9H2,1-2H3,(H,18,19,21);1-6,18,20H,7H2,(H,16,17,21);5-7H,4,8H2,1-3H3;4-6H,1-3H3;2-4,10-11H,1H3;1-3H,(H2,7,8). The monoisotopic (exact) mass is 1260 g/mol. The number of pyridine rings is 3. The maximum atomic E-state index is 12.1.